The zero-order valence-electron chi connectivity index (χ0n) is 17.0. The molecule has 0 fully saturated rings. The molecule has 7 heteroatoms. The lowest BCUT2D eigenvalue weighted by molar-refractivity contribution is 0.102. The molecule has 2 amide bonds. The van der Waals surface area contributed by atoms with Crippen LogP contribution in [0.4, 0.5) is 27.5 Å². The SMILES string of the molecule is COC(=O)N(C)c1ccc(NC(=O)c2ccccc2Nc2ccc(OC)cc2)cc1. The predicted molar refractivity (Wildman–Crippen MR) is 118 cm³/mol. The number of nitrogens with zero attached hydrogens (tertiary/aromatic N) is 1. The number of hydrogen-bond donors (Lipinski definition) is 2. The van der Waals surface area contributed by atoms with Crippen molar-refractivity contribution < 1.29 is 19.1 Å². The van der Waals surface area contributed by atoms with Crippen LogP contribution in [0, 0.1) is 0 Å². The van der Waals surface area contributed by atoms with Crippen molar-refractivity contribution in [1.29, 1.82) is 0 Å². The number of carbonyl (C=O) groups excluding carboxylic acids is 2. The van der Waals surface area contributed by atoms with Gasteiger partial charge >= 0.3 is 6.09 Å². The van der Waals surface area contributed by atoms with E-state index in [1.54, 1.807) is 44.5 Å². The van der Waals surface area contributed by atoms with Gasteiger partial charge in [-0.3, -0.25) is 9.69 Å². The quantitative estimate of drug-likeness (QED) is 0.610. The van der Waals surface area contributed by atoms with E-state index in [4.69, 9.17) is 9.47 Å². The molecule has 0 unspecified atom stereocenters. The second-order valence-corrected chi connectivity index (χ2v) is 6.43. The van der Waals surface area contributed by atoms with Gasteiger partial charge < -0.3 is 20.1 Å². The molecule has 30 heavy (non-hydrogen) atoms. The number of ether oxygens (including phenoxy) is 2. The summed E-state index contributed by atoms with van der Waals surface area (Å²) in [6.07, 6.45) is -0.467. The van der Waals surface area contributed by atoms with E-state index in [0.717, 1.165) is 11.4 Å². The van der Waals surface area contributed by atoms with Crippen LogP contribution in [-0.2, 0) is 4.74 Å². The van der Waals surface area contributed by atoms with E-state index in [1.165, 1.54) is 12.0 Å². The van der Waals surface area contributed by atoms with E-state index in [1.807, 2.05) is 42.5 Å². The van der Waals surface area contributed by atoms with Gasteiger partial charge in [0.2, 0.25) is 0 Å². The van der Waals surface area contributed by atoms with Gasteiger partial charge in [-0.25, -0.2) is 4.79 Å². The summed E-state index contributed by atoms with van der Waals surface area (Å²) in [6.45, 7) is 0. The van der Waals surface area contributed by atoms with Crippen LogP contribution in [0.15, 0.2) is 72.8 Å². The second-order valence-electron chi connectivity index (χ2n) is 6.43. The Labute approximate surface area is 175 Å². The molecule has 3 aromatic carbocycles. The molecular weight excluding hydrogens is 382 g/mol. The van der Waals surface area contributed by atoms with Gasteiger partial charge in [-0.2, -0.15) is 0 Å². The molecule has 0 aliphatic rings. The minimum atomic E-state index is -0.467. The Morgan fingerprint density at radius 3 is 2.10 bits per heavy atom. The summed E-state index contributed by atoms with van der Waals surface area (Å²) in [5.74, 6) is 0.508. The van der Waals surface area contributed by atoms with Crippen molar-refractivity contribution in [3.05, 3.63) is 78.4 Å². The van der Waals surface area contributed by atoms with Gasteiger partial charge in [0.05, 0.1) is 25.5 Å². The van der Waals surface area contributed by atoms with Crippen molar-refractivity contribution >= 4 is 34.7 Å². The van der Waals surface area contributed by atoms with Crippen LogP contribution in [0.25, 0.3) is 0 Å². The molecule has 0 bridgehead atoms. The van der Waals surface area contributed by atoms with Crippen LogP contribution in [0.3, 0.4) is 0 Å². The number of carbonyl (C=O) groups is 2. The molecule has 2 N–H and O–H groups in total. The van der Waals surface area contributed by atoms with Crippen LogP contribution < -0.4 is 20.3 Å². The fourth-order valence-corrected chi connectivity index (χ4v) is 2.83. The highest BCUT2D eigenvalue weighted by Gasteiger charge is 2.13. The third-order valence-corrected chi connectivity index (χ3v) is 4.50. The molecule has 0 saturated carbocycles. The van der Waals surface area contributed by atoms with Gasteiger partial charge in [-0.15, -0.1) is 0 Å². The van der Waals surface area contributed by atoms with Crippen molar-refractivity contribution in [2.45, 2.75) is 0 Å². The normalized spacial score (nSPS) is 10.1. The van der Waals surface area contributed by atoms with E-state index in [9.17, 15) is 9.59 Å². The van der Waals surface area contributed by atoms with Crippen LogP contribution in [-0.4, -0.2) is 33.3 Å². The standard InChI is InChI=1S/C23H23N3O4/c1-26(23(28)30-3)18-12-8-17(9-13-18)25-22(27)20-6-4-5-7-21(20)24-16-10-14-19(29-2)15-11-16/h4-15,24H,1-3H3,(H,25,27). The third kappa shape index (κ3) is 4.88. The minimum absolute atomic E-state index is 0.249. The van der Waals surface area contributed by atoms with E-state index in [2.05, 4.69) is 10.6 Å². The largest absolute Gasteiger partial charge is 0.497 e. The molecule has 0 spiro atoms. The van der Waals surface area contributed by atoms with Crippen LogP contribution in [0.1, 0.15) is 10.4 Å². The molecule has 3 aromatic rings. The lowest BCUT2D eigenvalue weighted by Gasteiger charge is -2.16. The Kier molecular flexibility index (Phi) is 6.54. The van der Waals surface area contributed by atoms with Gasteiger partial charge in [0.15, 0.2) is 0 Å². The average Bonchev–Trinajstić information content (AvgIpc) is 2.79. The average molecular weight is 405 g/mol. The molecule has 0 radical (unpaired) electrons. The number of anilines is 4. The van der Waals surface area contributed by atoms with Crippen molar-refractivity contribution in [3.63, 3.8) is 0 Å². The second kappa shape index (κ2) is 9.47. The molecule has 0 saturated heterocycles. The Bertz CT molecular complexity index is 1020. The zero-order chi connectivity index (χ0) is 21.5. The molecular formula is C23H23N3O4. The predicted octanol–water partition coefficient (Wildman–Crippen LogP) is 4.89. The number of para-hydroxylation sites is 1. The van der Waals surface area contributed by atoms with Crippen molar-refractivity contribution in [1.82, 2.24) is 0 Å². The summed E-state index contributed by atoms with van der Waals surface area (Å²) in [6, 6.07) is 21.6. The van der Waals surface area contributed by atoms with E-state index in [-0.39, 0.29) is 5.91 Å². The lowest BCUT2D eigenvalue weighted by atomic mass is 10.1. The zero-order valence-corrected chi connectivity index (χ0v) is 17.0. The molecule has 154 valence electrons. The highest BCUT2D eigenvalue weighted by atomic mass is 16.5. The summed E-state index contributed by atoms with van der Waals surface area (Å²) in [7, 11) is 4.55. The number of rotatable bonds is 6. The molecule has 0 aromatic heterocycles. The van der Waals surface area contributed by atoms with Crippen LogP contribution in [0.5, 0.6) is 5.75 Å². The highest BCUT2D eigenvalue weighted by Crippen LogP contribution is 2.24. The van der Waals surface area contributed by atoms with E-state index < -0.39 is 6.09 Å². The molecule has 7 nitrogen and oxygen atoms in total. The fourth-order valence-electron chi connectivity index (χ4n) is 2.83. The Morgan fingerprint density at radius 1 is 0.833 bits per heavy atom. The van der Waals surface area contributed by atoms with Crippen molar-refractivity contribution in [2.75, 3.05) is 36.8 Å². The first-order chi connectivity index (χ1) is 14.5. The van der Waals surface area contributed by atoms with Gasteiger partial charge in [0, 0.05) is 24.1 Å². The molecule has 3 rings (SSSR count). The van der Waals surface area contributed by atoms with Gasteiger partial charge in [-0.1, -0.05) is 12.1 Å². The number of methoxy groups -OCH3 is 2. The minimum Gasteiger partial charge on any atom is -0.497 e. The third-order valence-electron chi connectivity index (χ3n) is 4.50. The Balaban J connectivity index is 1.73. The maximum atomic E-state index is 12.8. The number of benzene rings is 3. The first-order valence-electron chi connectivity index (χ1n) is 9.25. The molecule has 0 atom stereocenters. The Hall–Kier alpha value is -4.00. The van der Waals surface area contributed by atoms with Crippen LogP contribution >= 0.6 is 0 Å². The monoisotopic (exact) mass is 405 g/mol. The Morgan fingerprint density at radius 2 is 1.47 bits per heavy atom. The van der Waals surface area contributed by atoms with E-state index >= 15 is 0 Å². The lowest BCUT2D eigenvalue weighted by Crippen LogP contribution is -2.25. The summed E-state index contributed by atoms with van der Waals surface area (Å²) < 4.78 is 9.87. The van der Waals surface area contributed by atoms with Gasteiger partial charge in [0.25, 0.3) is 5.91 Å². The number of nitrogens with one attached hydrogen (secondary N) is 2. The number of hydrogen-bond acceptors (Lipinski definition) is 5. The molecule has 0 aliphatic heterocycles. The summed E-state index contributed by atoms with van der Waals surface area (Å²) in [5.41, 5.74) is 3.29. The van der Waals surface area contributed by atoms with Gasteiger partial charge in [-0.05, 0) is 60.7 Å². The maximum Gasteiger partial charge on any atom is 0.413 e. The molecule has 0 heterocycles. The maximum absolute atomic E-state index is 12.8. The van der Waals surface area contributed by atoms with Crippen LogP contribution in [0.2, 0.25) is 0 Å². The first-order valence-corrected chi connectivity index (χ1v) is 9.25. The summed E-state index contributed by atoms with van der Waals surface area (Å²) in [5, 5.41) is 6.14. The first kappa shape index (κ1) is 20.7. The van der Waals surface area contributed by atoms with Crippen molar-refractivity contribution in [2.24, 2.45) is 0 Å². The topological polar surface area (TPSA) is 79.9 Å². The fraction of sp³-hybridized carbons (Fsp3) is 0.130. The summed E-state index contributed by atoms with van der Waals surface area (Å²) in [4.78, 5) is 25.8. The van der Waals surface area contributed by atoms with Gasteiger partial charge in [0.1, 0.15) is 5.75 Å². The molecule has 0 aliphatic carbocycles. The number of amides is 2. The van der Waals surface area contributed by atoms with Crippen molar-refractivity contribution in [3.8, 4) is 5.75 Å². The smallest absolute Gasteiger partial charge is 0.413 e. The van der Waals surface area contributed by atoms with E-state index in [0.29, 0.717) is 22.6 Å². The summed E-state index contributed by atoms with van der Waals surface area (Å²) >= 11 is 0. The highest BCUT2D eigenvalue weighted by molar-refractivity contribution is 6.08.